The maximum Gasteiger partial charge on any atom is 2.00 e. The summed E-state index contributed by atoms with van der Waals surface area (Å²) in [5, 5.41) is 0. The van der Waals surface area contributed by atoms with Gasteiger partial charge in [0.2, 0.25) is 0 Å². The molecule has 10 heavy (non-hydrogen) atoms. The van der Waals surface area contributed by atoms with Crippen LogP contribution in [0.3, 0.4) is 0 Å². The molecule has 2 heteroatoms. The summed E-state index contributed by atoms with van der Waals surface area (Å²) in [5.41, 5.74) is 0. The van der Waals surface area contributed by atoms with E-state index in [0.29, 0.717) is 6.61 Å². The summed E-state index contributed by atoms with van der Waals surface area (Å²) in [6.07, 6.45) is 0. The number of ether oxygens (including phenoxy) is 1. The third-order valence-electron chi connectivity index (χ3n) is 0.760. The van der Waals surface area contributed by atoms with E-state index in [0.717, 1.165) is 0 Å². The van der Waals surface area contributed by atoms with Crippen LogP contribution in [0.25, 0.3) is 0 Å². The number of hydrogen-bond donors (Lipinski definition) is 0. The first-order valence-corrected chi connectivity index (χ1v) is 2.86. The van der Waals surface area contributed by atoms with E-state index in [-0.39, 0.29) is 21.7 Å². The molecule has 0 aromatic heterocycles. The molecule has 1 rings (SSSR count). The normalized spacial score (nSPS) is 7.00. The van der Waals surface area contributed by atoms with Gasteiger partial charge in [-0.2, -0.15) is 18.2 Å². The van der Waals surface area contributed by atoms with Crippen LogP contribution in [0.4, 0.5) is 0 Å². The second kappa shape index (κ2) is 11.8. The molecule has 0 bridgehead atoms. The van der Waals surface area contributed by atoms with Crippen LogP contribution in [0, 0.1) is 6.92 Å². The van der Waals surface area contributed by atoms with Crippen molar-refractivity contribution in [3.63, 3.8) is 0 Å². The van der Waals surface area contributed by atoms with E-state index in [1.54, 1.807) is 7.11 Å². The van der Waals surface area contributed by atoms with Gasteiger partial charge in [-0.25, -0.2) is 12.1 Å². The van der Waals surface area contributed by atoms with Crippen LogP contribution in [-0.4, -0.2) is 13.7 Å². The van der Waals surface area contributed by atoms with Gasteiger partial charge in [0.25, 0.3) is 0 Å². The Morgan fingerprint density at radius 2 is 1.80 bits per heavy atom. The summed E-state index contributed by atoms with van der Waals surface area (Å²) in [7, 11) is 1.62. The first-order chi connectivity index (χ1) is 4.41. The molecule has 0 saturated carbocycles. The monoisotopic (exact) mass is 172 g/mol. The van der Waals surface area contributed by atoms with Gasteiger partial charge in [-0.05, 0) is 0 Å². The zero-order valence-electron chi connectivity index (χ0n) is 6.21. The van der Waals surface area contributed by atoms with E-state index in [2.05, 4.69) is 11.7 Å². The average molecular weight is 172 g/mol. The van der Waals surface area contributed by atoms with E-state index in [4.69, 9.17) is 0 Å². The molecular weight excluding hydrogens is 160 g/mol. The molecule has 0 aliphatic heterocycles. The summed E-state index contributed by atoms with van der Waals surface area (Å²) < 4.78 is 4.43. The van der Waals surface area contributed by atoms with E-state index < -0.39 is 0 Å². The number of rotatable bonds is 1. The van der Waals surface area contributed by atoms with Gasteiger partial charge >= 0.3 is 21.7 Å². The quantitative estimate of drug-likeness (QED) is 0.464. The van der Waals surface area contributed by atoms with Crippen molar-refractivity contribution in [2.24, 2.45) is 0 Å². The third kappa shape index (κ3) is 10.9. The minimum Gasteiger partial charge on any atom is -0.417 e. The molecule has 0 unspecified atom stereocenters. The third-order valence-corrected chi connectivity index (χ3v) is 0.760. The topological polar surface area (TPSA) is 9.23 Å². The molecular formula is C8H12OTi. The summed E-state index contributed by atoms with van der Waals surface area (Å²) in [6, 6.07) is 10.0. The Balaban J connectivity index is 0. The molecule has 54 valence electrons. The van der Waals surface area contributed by atoms with Crippen molar-refractivity contribution in [1.29, 1.82) is 0 Å². The Bertz CT molecular complexity index is 84.8. The molecule has 0 saturated heterocycles. The van der Waals surface area contributed by atoms with E-state index in [1.807, 2.05) is 30.3 Å². The summed E-state index contributed by atoms with van der Waals surface area (Å²) in [4.78, 5) is 0. The van der Waals surface area contributed by atoms with Crippen LogP contribution in [0.1, 0.15) is 0 Å². The first kappa shape index (κ1) is 12.7. The second-order valence-corrected chi connectivity index (χ2v) is 1.46. The molecule has 0 atom stereocenters. The van der Waals surface area contributed by atoms with Crippen LogP contribution in [0.2, 0.25) is 0 Å². The first-order valence-electron chi connectivity index (χ1n) is 2.86. The second-order valence-electron chi connectivity index (χ2n) is 1.46. The zero-order valence-corrected chi connectivity index (χ0v) is 7.77. The Morgan fingerprint density at radius 1 is 1.40 bits per heavy atom. The van der Waals surface area contributed by atoms with Gasteiger partial charge < -0.3 is 11.7 Å². The van der Waals surface area contributed by atoms with Crippen molar-refractivity contribution in [3.8, 4) is 0 Å². The summed E-state index contributed by atoms with van der Waals surface area (Å²) >= 11 is 0. The van der Waals surface area contributed by atoms with Crippen LogP contribution in [0.5, 0.6) is 0 Å². The molecule has 1 aromatic carbocycles. The van der Waals surface area contributed by atoms with Crippen molar-refractivity contribution < 1.29 is 26.5 Å². The van der Waals surface area contributed by atoms with Gasteiger partial charge in [0, 0.05) is 7.11 Å². The Morgan fingerprint density at radius 3 is 1.90 bits per heavy atom. The largest absolute Gasteiger partial charge is 2.00 e. The average Bonchev–Trinajstić information content (AvgIpc) is 2.43. The van der Waals surface area contributed by atoms with Crippen LogP contribution in [-0.2, 0) is 26.5 Å². The van der Waals surface area contributed by atoms with Gasteiger partial charge in [-0.1, -0.05) is 6.61 Å². The van der Waals surface area contributed by atoms with Gasteiger partial charge in [-0.3, -0.25) is 0 Å². The van der Waals surface area contributed by atoms with Crippen molar-refractivity contribution in [2.75, 3.05) is 13.7 Å². The van der Waals surface area contributed by atoms with Crippen LogP contribution < -0.4 is 0 Å². The van der Waals surface area contributed by atoms with Gasteiger partial charge in [0.15, 0.2) is 0 Å². The van der Waals surface area contributed by atoms with Gasteiger partial charge in [0.1, 0.15) is 0 Å². The number of hydrogen-bond acceptors (Lipinski definition) is 1. The van der Waals surface area contributed by atoms with Gasteiger partial charge in [0.05, 0.1) is 0 Å². The van der Waals surface area contributed by atoms with Crippen LogP contribution >= 0.6 is 0 Å². The standard InChI is InChI=1S/C5H5.C3H7O.Ti/c1-2-4-5-3-1;1-3-4-2;/h1-5H;1,3H2,2H3;/q2*-1;+2. The maximum absolute atomic E-state index is 4.43. The van der Waals surface area contributed by atoms with E-state index in [9.17, 15) is 0 Å². The van der Waals surface area contributed by atoms with Crippen LogP contribution in [0.15, 0.2) is 30.3 Å². The molecule has 0 aliphatic rings. The van der Waals surface area contributed by atoms with Gasteiger partial charge in [-0.15, -0.1) is 0 Å². The SMILES string of the molecule is [CH2-]COC.[Ti+2].c1cc[cH-]c1. The maximum atomic E-state index is 4.43. The van der Waals surface area contributed by atoms with E-state index in [1.165, 1.54) is 0 Å². The molecule has 1 nitrogen and oxygen atoms in total. The van der Waals surface area contributed by atoms with Crippen molar-refractivity contribution >= 4 is 0 Å². The molecule has 0 spiro atoms. The van der Waals surface area contributed by atoms with Crippen molar-refractivity contribution in [1.82, 2.24) is 0 Å². The molecule has 0 N–H and O–H groups in total. The fourth-order valence-electron chi connectivity index (χ4n) is 0.321. The predicted octanol–water partition coefficient (Wildman–Crippen LogP) is 1.87. The smallest absolute Gasteiger partial charge is 0.417 e. The van der Waals surface area contributed by atoms with Crippen molar-refractivity contribution in [3.05, 3.63) is 37.3 Å². The molecule has 0 heterocycles. The number of methoxy groups -OCH3 is 1. The predicted molar refractivity (Wildman–Crippen MR) is 39.3 cm³/mol. The fraction of sp³-hybridized carbons (Fsp3) is 0.250. The Kier molecular flexibility index (Phi) is 14.9. The van der Waals surface area contributed by atoms with Crippen molar-refractivity contribution in [2.45, 2.75) is 0 Å². The molecule has 0 amide bonds. The fourth-order valence-corrected chi connectivity index (χ4v) is 0.321. The molecule has 0 fully saturated rings. The van der Waals surface area contributed by atoms with E-state index >= 15 is 0 Å². The summed E-state index contributed by atoms with van der Waals surface area (Å²) in [6.45, 7) is 3.95. The summed E-state index contributed by atoms with van der Waals surface area (Å²) in [5.74, 6) is 0. The minimum atomic E-state index is 0. The molecule has 0 aliphatic carbocycles. The minimum absolute atomic E-state index is 0. The Labute approximate surface area is 77.6 Å². The molecule has 0 radical (unpaired) electrons. The Hall–Kier alpha value is 0.0243. The zero-order chi connectivity index (χ0) is 6.95. The molecule has 1 aromatic rings.